The van der Waals surface area contributed by atoms with Crippen LogP contribution < -0.4 is 5.73 Å². The van der Waals surface area contributed by atoms with E-state index in [-0.39, 0.29) is 53.3 Å². The normalized spacial score (nSPS) is 10.2. The summed E-state index contributed by atoms with van der Waals surface area (Å²) in [4.78, 5) is 36.6. The quantitative estimate of drug-likeness (QED) is 0.0273. The fourth-order valence-electron chi connectivity index (χ4n) is 5.83. The van der Waals surface area contributed by atoms with Gasteiger partial charge in [0.25, 0.3) is 11.6 Å². The summed E-state index contributed by atoms with van der Waals surface area (Å²) in [6.45, 7) is 21.0. The SMILES string of the molecule is C#Cc1cccc(F)c1.CCC(C)C(=O)O.CCC(C)c1nc(-c2ccc(C#Cc3cccc(F)c3)cn2)no1.Cl.N/C(=N\O)c1ccc(C#Cc2cccc(F)c2)cn1.[C-]#[N+]c1ccc(Br)cn1.[C-]#[N+]c1ccc(C#Cc2cccc(F)c2)cn1. The molecular formula is C66H52BrClF4N10O4. The molecule has 2 unspecified atom stereocenters. The molecule has 9 rings (SSSR count). The number of carboxylic acid groups (broad SMARTS) is 1. The van der Waals surface area contributed by atoms with Crippen LogP contribution >= 0.6 is 28.3 Å². The van der Waals surface area contributed by atoms with Gasteiger partial charge in [0, 0.05) is 51.7 Å². The number of aliphatic carboxylic acids is 1. The van der Waals surface area contributed by atoms with Crippen LogP contribution in [0.5, 0.6) is 0 Å². The van der Waals surface area contributed by atoms with Gasteiger partial charge >= 0.3 is 5.97 Å². The van der Waals surface area contributed by atoms with Crippen molar-refractivity contribution < 1.29 is 37.2 Å². The number of hydrogen-bond donors (Lipinski definition) is 3. The molecule has 0 saturated carbocycles. The molecule has 0 radical (unpaired) electrons. The Bertz CT molecular complexity index is 3990. The molecule has 0 aliphatic heterocycles. The van der Waals surface area contributed by atoms with Gasteiger partial charge in [0.15, 0.2) is 5.84 Å². The van der Waals surface area contributed by atoms with Crippen LogP contribution in [0.15, 0.2) is 185 Å². The van der Waals surface area contributed by atoms with E-state index in [1.54, 1.807) is 110 Å². The van der Waals surface area contributed by atoms with E-state index in [1.807, 2.05) is 19.9 Å². The second-order valence-electron chi connectivity index (χ2n) is 17.2. The van der Waals surface area contributed by atoms with E-state index < -0.39 is 5.97 Å². The Morgan fingerprint density at radius 3 is 1.40 bits per heavy atom. The lowest BCUT2D eigenvalue weighted by Crippen LogP contribution is -2.14. The molecule has 4 N–H and O–H groups in total. The Balaban J connectivity index is 0.000000283. The summed E-state index contributed by atoms with van der Waals surface area (Å²) >= 11 is 3.21. The van der Waals surface area contributed by atoms with Crippen molar-refractivity contribution in [1.82, 2.24) is 30.1 Å². The number of terminal acetylenes is 1. The fourth-order valence-corrected chi connectivity index (χ4v) is 6.06. The van der Waals surface area contributed by atoms with Crippen molar-refractivity contribution in [1.29, 1.82) is 0 Å². The van der Waals surface area contributed by atoms with E-state index in [9.17, 15) is 22.4 Å². The molecule has 4 aromatic carbocycles. The first-order chi connectivity index (χ1) is 40.9. The van der Waals surface area contributed by atoms with Crippen molar-refractivity contribution in [2.24, 2.45) is 16.8 Å². The Morgan fingerprint density at radius 2 is 1.06 bits per heavy atom. The van der Waals surface area contributed by atoms with Crippen LogP contribution in [0.2, 0.25) is 0 Å². The molecular weight excluding hydrogens is 1190 g/mol. The average Bonchev–Trinajstić information content (AvgIpc) is 4.00. The first-order valence-electron chi connectivity index (χ1n) is 25.3. The molecule has 14 nitrogen and oxygen atoms in total. The summed E-state index contributed by atoms with van der Waals surface area (Å²) in [6, 6.07) is 37.9. The number of aromatic nitrogens is 6. The summed E-state index contributed by atoms with van der Waals surface area (Å²) in [6.07, 6.45) is 12.9. The zero-order valence-electron chi connectivity index (χ0n) is 46.4. The van der Waals surface area contributed by atoms with Gasteiger partial charge in [-0.15, -0.1) is 28.8 Å². The number of benzene rings is 4. The largest absolute Gasteiger partial charge is 0.481 e. The smallest absolute Gasteiger partial charge is 0.306 e. The van der Waals surface area contributed by atoms with E-state index in [2.05, 4.69) is 109 Å². The summed E-state index contributed by atoms with van der Waals surface area (Å²) < 4.78 is 57.3. The number of nitrogens with two attached hydrogens (primary N) is 1. The fraction of sp³-hybridized carbons (Fsp3) is 0.121. The number of carboxylic acids is 1. The molecule has 432 valence electrons. The Hall–Kier alpha value is -10.9. The molecule has 0 bridgehead atoms. The van der Waals surface area contributed by atoms with Gasteiger partial charge in [-0.3, -0.25) is 14.8 Å². The lowest BCUT2D eigenvalue weighted by atomic mass is 10.1. The van der Waals surface area contributed by atoms with Crippen LogP contribution in [0.3, 0.4) is 0 Å². The van der Waals surface area contributed by atoms with Crippen LogP contribution in [0.4, 0.5) is 29.2 Å². The number of nitrogens with zero attached hydrogens (tertiary/aromatic N) is 9. The van der Waals surface area contributed by atoms with Crippen LogP contribution in [-0.2, 0) is 4.79 Å². The predicted octanol–water partition coefficient (Wildman–Crippen LogP) is 14.8. The number of oxime groups is 1. The van der Waals surface area contributed by atoms with Gasteiger partial charge in [-0.05, 0) is 138 Å². The van der Waals surface area contributed by atoms with E-state index in [4.69, 9.17) is 40.1 Å². The topological polar surface area (TPSA) is 195 Å². The van der Waals surface area contributed by atoms with Gasteiger partial charge in [0.05, 0.1) is 16.0 Å². The van der Waals surface area contributed by atoms with Gasteiger partial charge in [-0.25, -0.2) is 17.6 Å². The number of amidine groups is 1. The average molecular weight is 1240 g/mol. The first kappa shape index (κ1) is 69.3. The molecule has 0 spiro atoms. The Kier molecular flexibility index (Phi) is 30.6. The van der Waals surface area contributed by atoms with Crippen molar-refractivity contribution in [3.8, 4) is 59.4 Å². The summed E-state index contributed by atoms with van der Waals surface area (Å²) in [5, 5.41) is 23.5. The minimum absolute atomic E-state index is 0. The Morgan fingerprint density at radius 1 is 0.628 bits per heavy atom. The third-order valence-corrected chi connectivity index (χ3v) is 11.3. The number of halogens is 6. The molecule has 86 heavy (non-hydrogen) atoms. The minimum Gasteiger partial charge on any atom is -0.481 e. The van der Waals surface area contributed by atoms with E-state index in [0.717, 1.165) is 22.9 Å². The zero-order chi connectivity index (χ0) is 61.9. The zero-order valence-corrected chi connectivity index (χ0v) is 48.8. The van der Waals surface area contributed by atoms with Crippen molar-refractivity contribution in [2.45, 2.75) is 46.5 Å². The van der Waals surface area contributed by atoms with Crippen LogP contribution in [0.1, 0.15) is 97.0 Å². The van der Waals surface area contributed by atoms with E-state index >= 15 is 0 Å². The number of hydrogen-bond acceptors (Lipinski definition) is 10. The highest BCUT2D eigenvalue weighted by Crippen LogP contribution is 2.21. The molecule has 5 aromatic heterocycles. The third-order valence-electron chi connectivity index (χ3n) is 10.8. The molecule has 2 atom stereocenters. The van der Waals surface area contributed by atoms with Crippen molar-refractivity contribution in [3.63, 3.8) is 0 Å². The second kappa shape index (κ2) is 38.0. The monoisotopic (exact) mass is 1240 g/mol. The Labute approximate surface area is 510 Å². The lowest BCUT2D eigenvalue weighted by Gasteiger charge is -1.98. The first-order valence-corrected chi connectivity index (χ1v) is 26.1. The molecule has 9 aromatic rings. The highest BCUT2D eigenvalue weighted by atomic mass is 79.9. The molecule has 0 saturated heterocycles. The van der Waals surface area contributed by atoms with Crippen molar-refractivity contribution in [3.05, 3.63) is 271 Å². The highest BCUT2D eigenvalue weighted by Gasteiger charge is 2.14. The summed E-state index contributed by atoms with van der Waals surface area (Å²) in [7, 11) is 0. The number of carbonyl (C=O) groups is 1. The summed E-state index contributed by atoms with van der Waals surface area (Å²) in [5.74, 6) is 19.5. The van der Waals surface area contributed by atoms with Crippen LogP contribution in [-0.4, -0.2) is 52.2 Å². The predicted molar refractivity (Wildman–Crippen MR) is 327 cm³/mol. The number of pyridine rings is 4. The number of rotatable bonds is 6. The van der Waals surface area contributed by atoms with Gasteiger partial charge < -0.3 is 30.3 Å². The van der Waals surface area contributed by atoms with Gasteiger partial charge in [0.2, 0.25) is 11.7 Å². The molecule has 0 aliphatic rings. The molecule has 0 aliphatic carbocycles. The van der Waals surface area contributed by atoms with Gasteiger partial charge in [0.1, 0.15) is 47.1 Å². The standard InChI is InChI=1S/C19H16FN3O.C14H10FN3O.C14H7FN2.C8H5F.C6H3BrN2.C5H10O2.ClH/c1-3-13(2)19-22-18(23-24-19)17-10-9-15(12-21-17)8-7-14-5-4-6-16(20)11-14;15-12-3-1-2-10(8-12)4-5-11-6-7-13(17-9-11)14(16)18-19;1-16-14-8-7-12(10-17-14)6-5-11-3-2-4-13(15)9-11;1-2-7-4-3-5-8(9)6-7;1-8-6-3-2-5(7)4-9-6;1-3-4(2)5(6)7;/h4-6,9-13H,3H2,1-2H3;1-3,6-9,19H,(H2,16,18);2-4,7-10H;1,3-6H;2-4H;4H,3H2,1-2H3,(H,6,7);1H. The van der Waals surface area contributed by atoms with Crippen LogP contribution in [0, 0.1) is 90.2 Å². The van der Waals surface area contributed by atoms with E-state index in [1.165, 1.54) is 60.9 Å². The maximum Gasteiger partial charge on any atom is 0.306 e. The lowest BCUT2D eigenvalue weighted by molar-refractivity contribution is -0.141. The maximum absolute atomic E-state index is 13.1. The molecule has 0 fully saturated rings. The van der Waals surface area contributed by atoms with Gasteiger partial charge in [-0.1, -0.05) is 129 Å². The van der Waals surface area contributed by atoms with Crippen molar-refractivity contribution in [2.75, 3.05) is 0 Å². The second-order valence-corrected chi connectivity index (χ2v) is 18.1. The van der Waals surface area contributed by atoms with Crippen molar-refractivity contribution >= 4 is 51.8 Å². The molecule has 20 heteroatoms. The molecule has 5 heterocycles. The van der Waals surface area contributed by atoms with E-state index in [0.29, 0.717) is 68.1 Å². The summed E-state index contributed by atoms with van der Waals surface area (Å²) in [5.41, 5.74) is 10.8. The molecule has 0 amide bonds. The van der Waals surface area contributed by atoms with Crippen LogP contribution in [0.25, 0.3) is 21.2 Å². The maximum atomic E-state index is 13.1. The minimum atomic E-state index is -0.706. The highest BCUT2D eigenvalue weighted by molar-refractivity contribution is 9.10. The third kappa shape index (κ3) is 25.9. The van der Waals surface area contributed by atoms with Gasteiger partial charge in [-0.2, -0.15) is 4.98 Å².